The number of aromatic nitrogens is 1. The molecule has 1 heterocycles. The molecule has 2 nitrogen and oxygen atoms in total. The molecule has 3 rings (SSSR count). The largest absolute Gasteiger partial charge is 0.317 e. The van der Waals surface area contributed by atoms with Gasteiger partial charge in [0.2, 0.25) is 0 Å². The Kier molecular flexibility index (Phi) is 4.32. The van der Waals surface area contributed by atoms with Gasteiger partial charge in [0, 0.05) is 28.2 Å². The minimum absolute atomic E-state index is 0.544. The fourth-order valence-electron chi connectivity index (χ4n) is 2.45. The van der Waals surface area contributed by atoms with Crippen LogP contribution in [0.15, 0.2) is 66.9 Å². The quantitative estimate of drug-likeness (QED) is 0.586. The number of hydrogen-bond donors (Lipinski definition) is 0. The maximum atomic E-state index is 9.51. The average molecular weight is 319 g/mol. The summed E-state index contributed by atoms with van der Waals surface area (Å²) in [4.78, 5) is 0. The van der Waals surface area contributed by atoms with Gasteiger partial charge in [-0.15, -0.1) is 0 Å². The first-order valence-corrected chi connectivity index (χ1v) is 7.68. The molecule has 0 aliphatic rings. The second kappa shape index (κ2) is 6.56. The summed E-state index contributed by atoms with van der Waals surface area (Å²) < 4.78 is 2.05. The number of aryl methyl sites for hydroxylation is 1. The van der Waals surface area contributed by atoms with E-state index in [1.165, 1.54) is 5.56 Å². The molecule has 0 atom stereocenters. The van der Waals surface area contributed by atoms with Crippen LogP contribution in [0.1, 0.15) is 16.8 Å². The maximum absolute atomic E-state index is 9.51. The van der Waals surface area contributed by atoms with Crippen molar-refractivity contribution in [3.63, 3.8) is 0 Å². The third-order valence-corrected chi connectivity index (χ3v) is 4.00. The van der Waals surface area contributed by atoms with E-state index >= 15 is 0 Å². The Morgan fingerprint density at radius 2 is 1.78 bits per heavy atom. The van der Waals surface area contributed by atoms with Crippen molar-refractivity contribution >= 4 is 23.3 Å². The molecule has 0 saturated carbocycles. The average Bonchev–Trinajstić information content (AvgIpc) is 3.02. The van der Waals surface area contributed by atoms with Crippen molar-refractivity contribution in [1.82, 2.24) is 4.57 Å². The summed E-state index contributed by atoms with van der Waals surface area (Å²) in [6, 6.07) is 21.9. The molecule has 0 N–H and O–H groups in total. The lowest BCUT2D eigenvalue weighted by molar-refractivity contribution is 1.06. The topological polar surface area (TPSA) is 28.7 Å². The van der Waals surface area contributed by atoms with Gasteiger partial charge in [0.25, 0.3) is 0 Å². The van der Waals surface area contributed by atoms with Crippen LogP contribution in [0.25, 0.3) is 17.3 Å². The predicted octanol–water partition coefficient (Wildman–Crippen LogP) is 5.50. The smallest absolute Gasteiger partial charge is 0.0999 e. The molecule has 3 aromatic rings. The molecule has 0 bridgehead atoms. The van der Waals surface area contributed by atoms with E-state index in [4.69, 9.17) is 11.6 Å². The van der Waals surface area contributed by atoms with Crippen LogP contribution in [0.5, 0.6) is 0 Å². The van der Waals surface area contributed by atoms with Crippen molar-refractivity contribution in [3.05, 3.63) is 88.7 Å². The highest BCUT2D eigenvalue weighted by molar-refractivity contribution is 6.32. The van der Waals surface area contributed by atoms with Crippen LogP contribution in [-0.2, 0) is 0 Å². The normalized spacial score (nSPS) is 11.3. The van der Waals surface area contributed by atoms with E-state index in [1.54, 1.807) is 6.07 Å². The molecular formula is C20H15ClN2. The van der Waals surface area contributed by atoms with Gasteiger partial charge < -0.3 is 4.57 Å². The number of benzene rings is 2. The van der Waals surface area contributed by atoms with Gasteiger partial charge in [-0.2, -0.15) is 5.26 Å². The van der Waals surface area contributed by atoms with Crippen LogP contribution in [0.3, 0.4) is 0 Å². The molecule has 23 heavy (non-hydrogen) atoms. The summed E-state index contributed by atoms with van der Waals surface area (Å²) in [5, 5.41) is 10.1. The van der Waals surface area contributed by atoms with Crippen LogP contribution in [-0.4, -0.2) is 4.57 Å². The molecule has 2 aromatic carbocycles. The molecule has 0 amide bonds. The summed E-state index contributed by atoms with van der Waals surface area (Å²) in [5.41, 5.74) is 4.50. The Labute approximate surface area is 140 Å². The van der Waals surface area contributed by atoms with Gasteiger partial charge >= 0.3 is 0 Å². The number of nitriles is 1. The van der Waals surface area contributed by atoms with Crippen molar-refractivity contribution in [2.45, 2.75) is 6.92 Å². The Morgan fingerprint density at radius 1 is 1.04 bits per heavy atom. The van der Waals surface area contributed by atoms with Crippen molar-refractivity contribution < 1.29 is 0 Å². The molecule has 112 valence electrons. The molecule has 0 aliphatic carbocycles. The summed E-state index contributed by atoms with van der Waals surface area (Å²) in [7, 11) is 0. The van der Waals surface area contributed by atoms with Crippen molar-refractivity contribution in [2.75, 3.05) is 0 Å². The van der Waals surface area contributed by atoms with E-state index in [0.717, 1.165) is 16.9 Å². The Morgan fingerprint density at radius 3 is 2.48 bits per heavy atom. The van der Waals surface area contributed by atoms with Crippen LogP contribution in [0, 0.1) is 18.3 Å². The van der Waals surface area contributed by atoms with E-state index in [-0.39, 0.29) is 0 Å². The molecule has 0 spiro atoms. The Balaban J connectivity index is 2.06. The third-order valence-electron chi connectivity index (χ3n) is 3.67. The molecule has 0 aliphatic heterocycles. The number of nitrogens with zero attached hydrogens (tertiary/aromatic N) is 2. The van der Waals surface area contributed by atoms with Gasteiger partial charge in [-0.25, -0.2) is 0 Å². The lowest BCUT2D eigenvalue weighted by Crippen LogP contribution is -1.95. The highest BCUT2D eigenvalue weighted by Gasteiger charge is 2.08. The molecule has 3 heteroatoms. The van der Waals surface area contributed by atoms with Gasteiger partial charge in [-0.1, -0.05) is 47.5 Å². The van der Waals surface area contributed by atoms with Gasteiger partial charge in [0.1, 0.15) is 0 Å². The Bertz CT molecular complexity index is 896. The summed E-state index contributed by atoms with van der Waals surface area (Å²) in [6.45, 7) is 2.06. The second-order valence-corrected chi connectivity index (χ2v) is 5.70. The van der Waals surface area contributed by atoms with Crippen molar-refractivity contribution in [3.8, 4) is 11.8 Å². The molecule has 0 unspecified atom stereocenters. The number of rotatable bonds is 3. The first-order chi connectivity index (χ1) is 11.2. The zero-order chi connectivity index (χ0) is 16.2. The van der Waals surface area contributed by atoms with Gasteiger partial charge in [0.05, 0.1) is 11.6 Å². The minimum atomic E-state index is 0.544. The van der Waals surface area contributed by atoms with Crippen LogP contribution in [0.2, 0.25) is 5.02 Å². The lowest BCUT2D eigenvalue weighted by atomic mass is 10.1. The van der Waals surface area contributed by atoms with Gasteiger partial charge in [0.15, 0.2) is 0 Å². The molecule has 0 saturated heterocycles. The number of hydrogen-bond acceptors (Lipinski definition) is 1. The second-order valence-electron chi connectivity index (χ2n) is 5.29. The van der Waals surface area contributed by atoms with Crippen molar-refractivity contribution in [1.29, 1.82) is 5.26 Å². The molecule has 1 aromatic heterocycles. The fourth-order valence-corrected chi connectivity index (χ4v) is 2.69. The Hall–Kier alpha value is -2.76. The minimum Gasteiger partial charge on any atom is -0.317 e. The third kappa shape index (κ3) is 3.21. The van der Waals surface area contributed by atoms with Gasteiger partial charge in [-0.05, 0) is 43.3 Å². The van der Waals surface area contributed by atoms with E-state index in [1.807, 2.05) is 47.2 Å². The highest BCUT2D eigenvalue weighted by Crippen LogP contribution is 2.26. The summed E-state index contributed by atoms with van der Waals surface area (Å²) >= 11 is 6.21. The predicted molar refractivity (Wildman–Crippen MR) is 95.4 cm³/mol. The SMILES string of the molecule is Cc1ccc(-n2cccc2C=C(C#N)c2ccccc2Cl)cc1. The number of halogens is 1. The van der Waals surface area contributed by atoms with Crippen molar-refractivity contribution in [2.24, 2.45) is 0 Å². The van der Waals surface area contributed by atoms with Crippen LogP contribution >= 0.6 is 11.6 Å². The van der Waals surface area contributed by atoms with Crippen LogP contribution in [0.4, 0.5) is 0 Å². The fraction of sp³-hybridized carbons (Fsp3) is 0.0500. The zero-order valence-corrected chi connectivity index (χ0v) is 13.5. The highest BCUT2D eigenvalue weighted by atomic mass is 35.5. The lowest BCUT2D eigenvalue weighted by Gasteiger charge is -2.08. The van der Waals surface area contributed by atoms with E-state index < -0.39 is 0 Å². The molecule has 0 radical (unpaired) electrons. The summed E-state index contributed by atoms with van der Waals surface area (Å²) in [6.07, 6.45) is 3.85. The summed E-state index contributed by atoms with van der Waals surface area (Å²) in [5.74, 6) is 0. The molecular weight excluding hydrogens is 304 g/mol. The van der Waals surface area contributed by atoms with Gasteiger partial charge in [-0.3, -0.25) is 0 Å². The van der Waals surface area contributed by atoms with E-state index in [2.05, 4.69) is 37.3 Å². The first kappa shape index (κ1) is 15.1. The molecule has 0 fully saturated rings. The van der Waals surface area contributed by atoms with E-state index in [0.29, 0.717) is 10.6 Å². The van der Waals surface area contributed by atoms with Crippen LogP contribution < -0.4 is 0 Å². The monoisotopic (exact) mass is 318 g/mol. The van der Waals surface area contributed by atoms with E-state index in [9.17, 15) is 5.26 Å². The first-order valence-electron chi connectivity index (χ1n) is 7.30. The standard InChI is InChI=1S/C20H15ClN2/c1-15-8-10-17(11-9-15)23-12-4-5-18(23)13-16(14-22)19-6-2-3-7-20(19)21/h2-13H,1H3. The maximum Gasteiger partial charge on any atom is 0.0999 e. The zero-order valence-electron chi connectivity index (χ0n) is 12.7. The number of allylic oxidation sites excluding steroid dienone is 1.